The highest BCUT2D eigenvalue weighted by Gasteiger charge is 2.24. The summed E-state index contributed by atoms with van der Waals surface area (Å²) in [7, 11) is 3.24. The van der Waals surface area contributed by atoms with E-state index >= 15 is 0 Å². The zero-order valence-corrected chi connectivity index (χ0v) is 9.69. The third-order valence-electron chi connectivity index (χ3n) is 2.10. The van der Waals surface area contributed by atoms with Crippen LogP contribution in [-0.2, 0) is 7.05 Å². The van der Waals surface area contributed by atoms with Gasteiger partial charge >= 0.3 is 11.6 Å². The number of nitrogens with one attached hydrogen (secondary N) is 1. The zero-order chi connectivity index (χ0) is 13.1. The lowest BCUT2D eigenvalue weighted by atomic mass is 10.4. The average molecular weight is 250 g/mol. The van der Waals surface area contributed by atoms with Crippen LogP contribution in [0, 0.1) is 10.1 Å². The Balaban J connectivity index is 2.41. The molecule has 0 aliphatic heterocycles. The Bertz CT molecular complexity index is 581. The van der Waals surface area contributed by atoms with Crippen molar-refractivity contribution >= 4 is 11.5 Å². The minimum absolute atomic E-state index is 0.0916. The van der Waals surface area contributed by atoms with Gasteiger partial charge in [-0.2, -0.15) is 10.1 Å². The van der Waals surface area contributed by atoms with Gasteiger partial charge < -0.3 is 10.1 Å². The highest BCUT2D eigenvalue weighted by atomic mass is 16.6. The zero-order valence-electron chi connectivity index (χ0n) is 9.69. The molecule has 0 aliphatic carbocycles. The van der Waals surface area contributed by atoms with Crippen LogP contribution >= 0.6 is 0 Å². The Hall–Kier alpha value is -2.71. The Kier molecular flexibility index (Phi) is 3.04. The van der Waals surface area contributed by atoms with E-state index in [0.717, 1.165) is 0 Å². The fourth-order valence-electron chi connectivity index (χ4n) is 1.35. The third kappa shape index (κ3) is 2.19. The third-order valence-corrected chi connectivity index (χ3v) is 2.10. The van der Waals surface area contributed by atoms with Crippen LogP contribution in [0.3, 0.4) is 0 Å². The van der Waals surface area contributed by atoms with Crippen LogP contribution in [-0.4, -0.2) is 31.7 Å². The molecule has 0 aromatic carbocycles. The molecular formula is C9H10N6O3. The molecule has 9 heteroatoms. The van der Waals surface area contributed by atoms with Gasteiger partial charge in [-0.15, -0.1) is 0 Å². The first-order chi connectivity index (χ1) is 8.61. The van der Waals surface area contributed by atoms with Crippen molar-refractivity contribution in [1.29, 1.82) is 0 Å². The second-order valence-electron chi connectivity index (χ2n) is 3.33. The first kappa shape index (κ1) is 11.8. The van der Waals surface area contributed by atoms with E-state index in [9.17, 15) is 10.1 Å². The minimum atomic E-state index is -0.600. The van der Waals surface area contributed by atoms with Gasteiger partial charge in [0.1, 0.15) is 6.33 Å². The van der Waals surface area contributed by atoms with Gasteiger partial charge in [0.05, 0.1) is 17.3 Å². The fraction of sp³-hybridized carbons (Fsp3) is 0.222. The maximum atomic E-state index is 11.0. The number of nitrogens with zero attached hydrogens (tertiary/aromatic N) is 5. The second-order valence-corrected chi connectivity index (χ2v) is 3.33. The highest BCUT2D eigenvalue weighted by Crippen LogP contribution is 2.33. The Morgan fingerprint density at radius 1 is 1.50 bits per heavy atom. The molecule has 0 saturated heterocycles. The van der Waals surface area contributed by atoms with Gasteiger partial charge in [0, 0.05) is 14.1 Å². The lowest BCUT2D eigenvalue weighted by Gasteiger charge is -2.05. The van der Waals surface area contributed by atoms with Crippen molar-refractivity contribution in [3.63, 3.8) is 0 Å². The predicted octanol–water partition coefficient (Wildman–Crippen LogP) is 0.952. The number of aromatic nitrogens is 4. The standard InChI is InChI=1S/C9H10N6O3/c1-10-8-7(15(16)17)9(12-5-11-8)18-6-3-13-14(2)4-6/h3-5H,1-2H3,(H,10,11,12). The minimum Gasteiger partial charge on any atom is -0.430 e. The molecule has 2 aromatic rings. The van der Waals surface area contributed by atoms with E-state index in [2.05, 4.69) is 20.4 Å². The molecule has 0 bridgehead atoms. The number of rotatable bonds is 4. The van der Waals surface area contributed by atoms with E-state index in [1.165, 1.54) is 24.3 Å². The number of nitro groups is 1. The van der Waals surface area contributed by atoms with Crippen molar-refractivity contribution in [3.8, 4) is 11.6 Å². The van der Waals surface area contributed by atoms with Crippen molar-refractivity contribution in [2.75, 3.05) is 12.4 Å². The summed E-state index contributed by atoms with van der Waals surface area (Å²) >= 11 is 0. The van der Waals surface area contributed by atoms with Crippen LogP contribution in [0.4, 0.5) is 11.5 Å². The molecule has 0 atom stereocenters. The van der Waals surface area contributed by atoms with E-state index in [1.54, 1.807) is 13.2 Å². The molecular weight excluding hydrogens is 240 g/mol. The molecule has 0 fully saturated rings. The molecule has 2 aromatic heterocycles. The molecule has 0 radical (unpaired) electrons. The molecule has 94 valence electrons. The average Bonchev–Trinajstić information content (AvgIpc) is 2.74. The van der Waals surface area contributed by atoms with Crippen LogP contribution in [0.2, 0.25) is 0 Å². The number of hydrogen-bond donors (Lipinski definition) is 1. The normalized spacial score (nSPS) is 10.1. The fourth-order valence-corrected chi connectivity index (χ4v) is 1.35. The summed E-state index contributed by atoms with van der Waals surface area (Å²) in [6, 6.07) is 0. The Morgan fingerprint density at radius 2 is 2.28 bits per heavy atom. The smallest absolute Gasteiger partial charge is 0.373 e. The van der Waals surface area contributed by atoms with Crippen molar-refractivity contribution in [1.82, 2.24) is 19.7 Å². The van der Waals surface area contributed by atoms with Crippen LogP contribution in [0.5, 0.6) is 11.6 Å². The molecule has 0 spiro atoms. The first-order valence-electron chi connectivity index (χ1n) is 4.95. The summed E-state index contributed by atoms with van der Waals surface area (Å²) in [5, 5.41) is 17.5. The quantitative estimate of drug-likeness (QED) is 0.635. The van der Waals surface area contributed by atoms with E-state index in [1.807, 2.05) is 0 Å². The van der Waals surface area contributed by atoms with Crippen molar-refractivity contribution < 1.29 is 9.66 Å². The van der Waals surface area contributed by atoms with Crippen molar-refractivity contribution in [3.05, 3.63) is 28.8 Å². The number of anilines is 1. The van der Waals surface area contributed by atoms with Crippen molar-refractivity contribution in [2.45, 2.75) is 0 Å². The second kappa shape index (κ2) is 4.65. The molecule has 0 saturated carbocycles. The first-order valence-corrected chi connectivity index (χ1v) is 4.95. The monoisotopic (exact) mass is 250 g/mol. The summed E-state index contributed by atoms with van der Waals surface area (Å²) < 4.78 is 6.83. The summed E-state index contributed by atoms with van der Waals surface area (Å²) in [6.07, 6.45) is 4.19. The SMILES string of the molecule is CNc1ncnc(Oc2cnn(C)c2)c1[N+](=O)[O-]. The topological polar surface area (TPSA) is 108 Å². The number of ether oxygens (including phenoxy) is 1. The van der Waals surface area contributed by atoms with E-state index in [4.69, 9.17) is 4.74 Å². The summed E-state index contributed by atoms with van der Waals surface area (Å²) in [6.45, 7) is 0. The maximum Gasteiger partial charge on any atom is 0.373 e. The number of aryl methyl sites for hydroxylation is 1. The lowest BCUT2D eigenvalue weighted by molar-refractivity contribution is -0.385. The van der Waals surface area contributed by atoms with Crippen LogP contribution in [0.1, 0.15) is 0 Å². The molecule has 0 amide bonds. The largest absolute Gasteiger partial charge is 0.430 e. The van der Waals surface area contributed by atoms with Crippen LogP contribution in [0.25, 0.3) is 0 Å². The Morgan fingerprint density at radius 3 is 2.83 bits per heavy atom. The molecule has 18 heavy (non-hydrogen) atoms. The van der Waals surface area contributed by atoms with Gasteiger partial charge in [0.15, 0.2) is 5.75 Å². The van der Waals surface area contributed by atoms with E-state index in [-0.39, 0.29) is 17.4 Å². The lowest BCUT2D eigenvalue weighted by Crippen LogP contribution is -2.03. The molecule has 2 rings (SSSR count). The van der Waals surface area contributed by atoms with E-state index in [0.29, 0.717) is 5.75 Å². The maximum absolute atomic E-state index is 11.0. The van der Waals surface area contributed by atoms with Gasteiger partial charge in [-0.3, -0.25) is 14.8 Å². The summed E-state index contributed by atoms with van der Waals surface area (Å²) in [4.78, 5) is 17.9. The van der Waals surface area contributed by atoms with Crippen molar-refractivity contribution in [2.24, 2.45) is 7.05 Å². The number of hydrogen-bond acceptors (Lipinski definition) is 7. The Labute approximate surface area is 102 Å². The molecule has 2 heterocycles. The van der Waals surface area contributed by atoms with Gasteiger partial charge in [0.25, 0.3) is 0 Å². The van der Waals surface area contributed by atoms with Gasteiger partial charge in [-0.25, -0.2) is 4.98 Å². The van der Waals surface area contributed by atoms with Crippen LogP contribution in [0.15, 0.2) is 18.7 Å². The van der Waals surface area contributed by atoms with Gasteiger partial charge in [0.2, 0.25) is 5.82 Å². The molecule has 0 aliphatic rings. The summed E-state index contributed by atoms with van der Waals surface area (Å²) in [5.41, 5.74) is -0.316. The molecule has 1 N–H and O–H groups in total. The van der Waals surface area contributed by atoms with Gasteiger partial charge in [-0.1, -0.05) is 0 Å². The van der Waals surface area contributed by atoms with Gasteiger partial charge in [-0.05, 0) is 0 Å². The van der Waals surface area contributed by atoms with Crippen LogP contribution < -0.4 is 10.1 Å². The molecule has 0 unspecified atom stereocenters. The molecule has 9 nitrogen and oxygen atoms in total. The van der Waals surface area contributed by atoms with E-state index < -0.39 is 4.92 Å². The predicted molar refractivity (Wildman–Crippen MR) is 61.5 cm³/mol. The highest BCUT2D eigenvalue weighted by molar-refractivity contribution is 5.61. The summed E-state index contributed by atoms with van der Waals surface area (Å²) in [5.74, 6) is 0.322.